The average molecular weight is 398 g/mol. The minimum Gasteiger partial charge on any atom is -0.497 e. The number of nitrogens with two attached hydrogens (primary N) is 1. The van der Waals surface area contributed by atoms with E-state index in [1.807, 2.05) is 6.07 Å². The topological polar surface area (TPSA) is 55.5 Å². The van der Waals surface area contributed by atoms with Crippen LogP contribution in [-0.4, -0.2) is 24.4 Å². The first-order chi connectivity index (χ1) is 14.0. The Morgan fingerprint density at radius 2 is 2.03 bits per heavy atom. The van der Waals surface area contributed by atoms with Crippen molar-refractivity contribution in [3.63, 3.8) is 0 Å². The Labute approximate surface area is 173 Å². The maximum absolute atomic E-state index is 14.1. The zero-order chi connectivity index (χ0) is 20.4. The highest BCUT2D eigenvalue weighted by atomic mass is 19.1. The maximum Gasteiger partial charge on any atom is 0.126 e. The molecule has 2 aliphatic rings. The molecule has 0 saturated heterocycles. The summed E-state index contributed by atoms with van der Waals surface area (Å²) in [6.45, 7) is 0.0734. The second kappa shape index (κ2) is 8.45. The highest BCUT2D eigenvalue weighted by Crippen LogP contribution is 2.41. The molecular weight excluding hydrogens is 365 g/mol. The highest BCUT2D eigenvalue weighted by Gasteiger charge is 2.36. The quantitative estimate of drug-likeness (QED) is 0.753. The fraction of sp³-hybridized carbons (Fsp3) is 0.520. The lowest BCUT2D eigenvalue weighted by molar-refractivity contribution is 0.198. The minimum atomic E-state index is -0.402. The molecule has 2 aromatic carbocycles. The number of halogens is 1. The minimum absolute atomic E-state index is 0.0734. The number of fused-ring (bicyclic) bond motifs is 1. The summed E-state index contributed by atoms with van der Waals surface area (Å²) in [6, 6.07) is 11.9. The van der Waals surface area contributed by atoms with Gasteiger partial charge in [0, 0.05) is 5.54 Å². The SMILES string of the molecule is COc1ccc(F)c(CCC2CCc3cc([C@H]4CC[C@](N)(CO)C4)ccc3C2)c1. The van der Waals surface area contributed by atoms with Gasteiger partial charge in [0.05, 0.1) is 13.7 Å². The predicted molar refractivity (Wildman–Crippen MR) is 114 cm³/mol. The van der Waals surface area contributed by atoms with E-state index in [9.17, 15) is 9.50 Å². The number of rotatable bonds is 6. The van der Waals surface area contributed by atoms with Crippen molar-refractivity contribution in [2.75, 3.05) is 13.7 Å². The van der Waals surface area contributed by atoms with Gasteiger partial charge in [0.15, 0.2) is 0 Å². The van der Waals surface area contributed by atoms with Crippen molar-refractivity contribution in [2.24, 2.45) is 11.7 Å². The summed E-state index contributed by atoms with van der Waals surface area (Å²) >= 11 is 0. The van der Waals surface area contributed by atoms with E-state index in [1.54, 1.807) is 13.2 Å². The van der Waals surface area contributed by atoms with Gasteiger partial charge in [-0.25, -0.2) is 4.39 Å². The van der Waals surface area contributed by atoms with Gasteiger partial charge < -0.3 is 15.6 Å². The Kier molecular flexibility index (Phi) is 5.93. The van der Waals surface area contributed by atoms with Crippen LogP contribution >= 0.6 is 0 Å². The molecule has 156 valence electrons. The predicted octanol–water partition coefficient (Wildman–Crippen LogP) is 4.53. The number of benzene rings is 2. The van der Waals surface area contributed by atoms with Crippen LogP contribution in [0.1, 0.15) is 60.3 Å². The Morgan fingerprint density at radius 1 is 1.17 bits per heavy atom. The fourth-order valence-corrected chi connectivity index (χ4v) is 5.16. The molecule has 0 aliphatic heterocycles. The van der Waals surface area contributed by atoms with Crippen LogP contribution in [-0.2, 0) is 19.3 Å². The molecule has 4 rings (SSSR count). The van der Waals surface area contributed by atoms with Gasteiger partial charge in [-0.05, 0) is 104 Å². The second-order valence-corrected chi connectivity index (χ2v) is 9.09. The number of aliphatic hydroxyl groups excluding tert-OH is 1. The number of methoxy groups -OCH3 is 1. The zero-order valence-corrected chi connectivity index (χ0v) is 17.3. The van der Waals surface area contributed by atoms with E-state index in [0.717, 1.165) is 62.7 Å². The van der Waals surface area contributed by atoms with Crippen LogP contribution in [0.5, 0.6) is 5.75 Å². The third-order valence-corrected chi connectivity index (χ3v) is 7.07. The molecule has 3 N–H and O–H groups in total. The summed E-state index contributed by atoms with van der Waals surface area (Å²) in [7, 11) is 1.62. The Balaban J connectivity index is 1.38. The molecule has 3 nitrogen and oxygen atoms in total. The number of aliphatic hydroxyl groups is 1. The number of hydrogen-bond donors (Lipinski definition) is 2. The molecule has 29 heavy (non-hydrogen) atoms. The van der Waals surface area contributed by atoms with Crippen LogP contribution in [0.15, 0.2) is 36.4 Å². The van der Waals surface area contributed by atoms with E-state index in [0.29, 0.717) is 11.8 Å². The van der Waals surface area contributed by atoms with E-state index in [1.165, 1.54) is 22.8 Å². The molecule has 0 radical (unpaired) electrons. The molecule has 3 atom stereocenters. The molecule has 0 aromatic heterocycles. The molecule has 1 fully saturated rings. The number of ether oxygens (including phenoxy) is 1. The van der Waals surface area contributed by atoms with Gasteiger partial charge in [-0.15, -0.1) is 0 Å². The van der Waals surface area contributed by atoms with Crippen LogP contribution in [0.3, 0.4) is 0 Å². The van der Waals surface area contributed by atoms with Crippen molar-refractivity contribution in [1.29, 1.82) is 0 Å². The Morgan fingerprint density at radius 3 is 2.79 bits per heavy atom. The molecule has 0 heterocycles. The maximum atomic E-state index is 14.1. The van der Waals surface area contributed by atoms with Gasteiger partial charge in [-0.1, -0.05) is 18.2 Å². The fourth-order valence-electron chi connectivity index (χ4n) is 5.16. The molecule has 2 aliphatic carbocycles. The van der Waals surface area contributed by atoms with Crippen molar-refractivity contribution in [3.8, 4) is 5.75 Å². The van der Waals surface area contributed by atoms with E-state index in [4.69, 9.17) is 10.5 Å². The first kappa shape index (κ1) is 20.4. The number of aryl methyl sites for hydroxylation is 2. The molecule has 1 saturated carbocycles. The van der Waals surface area contributed by atoms with Gasteiger partial charge in [0.25, 0.3) is 0 Å². The van der Waals surface area contributed by atoms with Crippen LogP contribution in [0, 0.1) is 11.7 Å². The smallest absolute Gasteiger partial charge is 0.126 e. The van der Waals surface area contributed by atoms with Gasteiger partial charge in [0.1, 0.15) is 11.6 Å². The summed E-state index contributed by atoms with van der Waals surface area (Å²) in [6.07, 6.45) is 7.90. The molecular formula is C25H32FNO2. The molecule has 0 bridgehead atoms. The molecule has 0 amide bonds. The van der Waals surface area contributed by atoms with Crippen molar-refractivity contribution in [3.05, 3.63) is 64.5 Å². The van der Waals surface area contributed by atoms with E-state index < -0.39 is 5.54 Å². The second-order valence-electron chi connectivity index (χ2n) is 9.09. The van der Waals surface area contributed by atoms with Gasteiger partial charge in [-0.2, -0.15) is 0 Å². The van der Waals surface area contributed by atoms with Gasteiger partial charge in [-0.3, -0.25) is 0 Å². The molecule has 2 aromatic rings. The van der Waals surface area contributed by atoms with Crippen molar-refractivity contribution in [1.82, 2.24) is 0 Å². The van der Waals surface area contributed by atoms with Crippen molar-refractivity contribution < 1.29 is 14.2 Å². The third-order valence-electron chi connectivity index (χ3n) is 7.07. The zero-order valence-electron chi connectivity index (χ0n) is 17.3. The largest absolute Gasteiger partial charge is 0.497 e. The van der Waals surface area contributed by atoms with Crippen LogP contribution in [0.25, 0.3) is 0 Å². The molecule has 4 heteroatoms. The average Bonchev–Trinajstić information content (AvgIpc) is 3.15. The van der Waals surface area contributed by atoms with Crippen LogP contribution in [0.2, 0.25) is 0 Å². The lowest BCUT2D eigenvalue weighted by Crippen LogP contribution is -2.40. The van der Waals surface area contributed by atoms with Crippen LogP contribution in [0.4, 0.5) is 4.39 Å². The van der Waals surface area contributed by atoms with Gasteiger partial charge in [0.2, 0.25) is 0 Å². The van der Waals surface area contributed by atoms with Crippen LogP contribution < -0.4 is 10.5 Å². The van der Waals surface area contributed by atoms with E-state index >= 15 is 0 Å². The normalized spacial score (nSPS) is 26.3. The van der Waals surface area contributed by atoms with Crippen molar-refractivity contribution >= 4 is 0 Å². The first-order valence-electron chi connectivity index (χ1n) is 10.8. The molecule has 1 unspecified atom stereocenters. The summed E-state index contributed by atoms with van der Waals surface area (Å²) in [4.78, 5) is 0. The monoisotopic (exact) mass is 397 g/mol. The lowest BCUT2D eigenvalue weighted by atomic mass is 9.79. The van der Waals surface area contributed by atoms with E-state index in [-0.39, 0.29) is 12.4 Å². The van der Waals surface area contributed by atoms with Crippen molar-refractivity contribution in [2.45, 2.75) is 62.8 Å². The Hall–Kier alpha value is -1.91. The van der Waals surface area contributed by atoms with Gasteiger partial charge >= 0.3 is 0 Å². The summed E-state index contributed by atoms with van der Waals surface area (Å²) in [5, 5.41) is 9.54. The first-order valence-corrected chi connectivity index (χ1v) is 10.8. The third kappa shape index (κ3) is 4.49. The summed E-state index contributed by atoms with van der Waals surface area (Å²) in [5.74, 6) is 1.64. The lowest BCUT2D eigenvalue weighted by Gasteiger charge is -2.26. The Bertz CT molecular complexity index is 868. The van der Waals surface area contributed by atoms with E-state index in [2.05, 4.69) is 18.2 Å². The highest BCUT2D eigenvalue weighted by molar-refractivity contribution is 5.37. The molecule has 0 spiro atoms. The summed E-state index contributed by atoms with van der Waals surface area (Å²) < 4.78 is 19.3. The number of hydrogen-bond acceptors (Lipinski definition) is 3. The standard InChI is InChI=1S/C25H32FNO2/c1-29-23-8-9-24(26)21(14-23)5-3-17-2-4-19-13-20(7-6-18(19)12-17)22-10-11-25(27,15-22)16-28/h6-9,13-14,17,22,28H,2-5,10-12,15-16,27H2,1H3/t17?,22-,25+/m0/s1. The summed E-state index contributed by atoms with van der Waals surface area (Å²) in [5.41, 5.74) is 10.9.